The standard InChI is InChI=1S/C21H21FN4O3S2/c1-14-12-15-13-16(22)2-7-19(15)26(14)10-8-20(27)24-17-3-5-18(6-4-17)31(28,29)25-21-23-9-11-30-21/h2-7,12-13H,8-11H2,1H3,(H,23,25)(H,24,27). The van der Waals surface area contributed by atoms with Gasteiger partial charge in [0, 0.05) is 41.0 Å². The topological polar surface area (TPSA) is 92.6 Å². The fraction of sp³-hybridized carbons (Fsp3) is 0.238. The van der Waals surface area contributed by atoms with Gasteiger partial charge in [0.2, 0.25) is 5.91 Å². The number of aromatic nitrogens is 1. The summed E-state index contributed by atoms with van der Waals surface area (Å²) in [5.74, 6) is 0.268. The SMILES string of the molecule is Cc1cc2cc(F)ccc2n1CCC(=O)Nc1ccc(S(=O)(=O)NC2=NCCS2)cc1. The van der Waals surface area contributed by atoms with Crippen LogP contribution in [0.4, 0.5) is 10.1 Å². The third-order valence-corrected chi connectivity index (χ3v) is 7.26. The minimum absolute atomic E-state index is 0.0994. The summed E-state index contributed by atoms with van der Waals surface area (Å²) in [4.78, 5) is 16.6. The molecule has 0 fully saturated rings. The summed E-state index contributed by atoms with van der Waals surface area (Å²) in [6.07, 6.45) is 0.223. The maximum Gasteiger partial charge on any atom is 0.263 e. The monoisotopic (exact) mass is 460 g/mol. The van der Waals surface area contributed by atoms with Crippen molar-refractivity contribution in [3.63, 3.8) is 0 Å². The van der Waals surface area contributed by atoms with Crippen molar-refractivity contribution < 1.29 is 17.6 Å². The molecule has 0 unspecified atom stereocenters. The smallest absolute Gasteiger partial charge is 0.263 e. The van der Waals surface area contributed by atoms with Crippen LogP contribution >= 0.6 is 11.8 Å². The second kappa shape index (κ2) is 8.72. The number of sulfonamides is 1. The van der Waals surface area contributed by atoms with Crippen LogP contribution in [0.3, 0.4) is 0 Å². The number of thioether (sulfide) groups is 1. The maximum absolute atomic E-state index is 13.4. The molecule has 10 heteroatoms. The minimum atomic E-state index is -3.70. The fourth-order valence-electron chi connectivity index (χ4n) is 3.40. The van der Waals surface area contributed by atoms with E-state index < -0.39 is 10.0 Å². The second-order valence-electron chi connectivity index (χ2n) is 7.10. The molecule has 0 aliphatic carbocycles. The molecule has 1 aliphatic rings. The van der Waals surface area contributed by atoms with E-state index in [0.717, 1.165) is 22.3 Å². The van der Waals surface area contributed by atoms with Gasteiger partial charge in [-0.25, -0.2) is 12.8 Å². The molecule has 1 aromatic heterocycles. The van der Waals surface area contributed by atoms with Crippen molar-refractivity contribution in [1.29, 1.82) is 0 Å². The van der Waals surface area contributed by atoms with Crippen LogP contribution < -0.4 is 10.0 Å². The molecule has 4 rings (SSSR count). The molecule has 1 aliphatic heterocycles. The molecule has 7 nitrogen and oxygen atoms in total. The Hall–Kier alpha value is -2.85. The van der Waals surface area contributed by atoms with Gasteiger partial charge >= 0.3 is 0 Å². The number of benzene rings is 2. The minimum Gasteiger partial charge on any atom is -0.344 e. The van der Waals surface area contributed by atoms with Crippen LogP contribution in [0, 0.1) is 12.7 Å². The predicted molar refractivity (Wildman–Crippen MR) is 121 cm³/mol. The predicted octanol–water partition coefficient (Wildman–Crippen LogP) is 3.50. The highest BCUT2D eigenvalue weighted by Gasteiger charge is 2.18. The van der Waals surface area contributed by atoms with Crippen LogP contribution in [0.15, 0.2) is 58.4 Å². The zero-order chi connectivity index (χ0) is 22.0. The number of nitrogens with zero attached hydrogens (tertiary/aromatic N) is 2. The first-order valence-electron chi connectivity index (χ1n) is 9.67. The van der Waals surface area contributed by atoms with Gasteiger partial charge in [-0.3, -0.25) is 14.5 Å². The van der Waals surface area contributed by atoms with Crippen LogP contribution in [0.1, 0.15) is 12.1 Å². The first-order chi connectivity index (χ1) is 14.8. The Bertz CT molecular complexity index is 1270. The lowest BCUT2D eigenvalue weighted by atomic mass is 10.2. The third-order valence-electron chi connectivity index (χ3n) is 4.89. The molecule has 162 valence electrons. The molecule has 0 spiro atoms. The lowest BCUT2D eigenvalue weighted by Crippen LogP contribution is -2.27. The van der Waals surface area contributed by atoms with E-state index in [9.17, 15) is 17.6 Å². The molecule has 2 heterocycles. The van der Waals surface area contributed by atoms with E-state index in [2.05, 4.69) is 15.0 Å². The Morgan fingerprint density at radius 3 is 2.68 bits per heavy atom. The number of nitrogens with one attached hydrogen (secondary N) is 2. The van der Waals surface area contributed by atoms with Crippen molar-refractivity contribution in [2.75, 3.05) is 17.6 Å². The van der Waals surface area contributed by atoms with Crippen LogP contribution in [-0.2, 0) is 21.4 Å². The molecule has 0 radical (unpaired) electrons. The molecule has 0 atom stereocenters. The van der Waals surface area contributed by atoms with Gasteiger partial charge < -0.3 is 9.88 Å². The van der Waals surface area contributed by atoms with Gasteiger partial charge in [-0.1, -0.05) is 11.8 Å². The highest BCUT2D eigenvalue weighted by atomic mass is 32.2. The van der Waals surface area contributed by atoms with Gasteiger partial charge in [0.05, 0.1) is 11.4 Å². The molecular formula is C21H21FN4O3S2. The molecule has 0 saturated carbocycles. The number of anilines is 1. The Morgan fingerprint density at radius 2 is 1.97 bits per heavy atom. The molecule has 3 aromatic rings. The van der Waals surface area contributed by atoms with E-state index >= 15 is 0 Å². The number of carbonyl (C=O) groups is 1. The highest BCUT2D eigenvalue weighted by Crippen LogP contribution is 2.21. The van der Waals surface area contributed by atoms with Crippen molar-refractivity contribution in [2.45, 2.75) is 24.8 Å². The number of aliphatic imine (C=N–C) groups is 1. The van der Waals surface area contributed by atoms with Crippen molar-refractivity contribution in [1.82, 2.24) is 9.29 Å². The van der Waals surface area contributed by atoms with Gasteiger partial charge in [0.1, 0.15) is 5.82 Å². The molecule has 2 aromatic carbocycles. The van der Waals surface area contributed by atoms with Crippen LogP contribution in [0.2, 0.25) is 0 Å². The Morgan fingerprint density at radius 1 is 1.19 bits per heavy atom. The van der Waals surface area contributed by atoms with Gasteiger partial charge in [0.25, 0.3) is 10.0 Å². The van der Waals surface area contributed by atoms with Crippen LogP contribution in [0.5, 0.6) is 0 Å². The van der Waals surface area contributed by atoms with Crippen LogP contribution in [0.25, 0.3) is 10.9 Å². The highest BCUT2D eigenvalue weighted by molar-refractivity contribution is 8.15. The van der Waals surface area contributed by atoms with E-state index in [-0.39, 0.29) is 23.0 Å². The molecule has 2 N–H and O–H groups in total. The largest absolute Gasteiger partial charge is 0.344 e. The summed E-state index contributed by atoms with van der Waals surface area (Å²) in [5, 5.41) is 3.97. The van der Waals surface area contributed by atoms with Gasteiger partial charge in [-0.2, -0.15) is 0 Å². The maximum atomic E-state index is 13.4. The number of rotatable bonds is 6. The Labute approximate surface area is 183 Å². The first kappa shape index (κ1) is 21.4. The van der Waals surface area contributed by atoms with Gasteiger partial charge in [-0.05, 0) is 55.5 Å². The lowest BCUT2D eigenvalue weighted by Gasteiger charge is -2.10. The van der Waals surface area contributed by atoms with Crippen molar-refractivity contribution in [3.8, 4) is 0 Å². The normalized spacial score (nSPS) is 13.9. The fourth-order valence-corrected chi connectivity index (χ4v) is 5.43. The van der Waals surface area contributed by atoms with Crippen molar-refractivity contribution in [2.24, 2.45) is 4.99 Å². The Kier molecular flexibility index (Phi) is 6.01. The average Bonchev–Trinajstić information content (AvgIpc) is 3.33. The number of halogens is 1. The van der Waals surface area contributed by atoms with E-state index in [4.69, 9.17) is 0 Å². The molecule has 0 saturated heterocycles. The summed E-state index contributed by atoms with van der Waals surface area (Å²) >= 11 is 1.36. The summed E-state index contributed by atoms with van der Waals surface area (Å²) in [5.41, 5.74) is 2.33. The molecular weight excluding hydrogens is 439 g/mol. The summed E-state index contributed by atoms with van der Waals surface area (Å²) < 4.78 is 42.6. The van der Waals surface area contributed by atoms with Crippen LogP contribution in [-0.4, -0.2) is 36.4 Å². The van der Waals surface area contributed by atoms with Crippen molar-refractivity contribution in [3.05, 3.63) is 60.0 Å². The van der Waals surface area contributed by atoms with E-state index in [1.165, 1.54) is 36.0 Å². The molecule has 0 bridgehead atoms. The average molecular weight is 461 g/mol. The molecule has 1 amide bonds. The number of carbonyl (C=O) groups excluding carboxylic acids is 1. The number of amidine groups is 1. The second-order valence-corrected chi connectivity index (χ2v) is 9.87. The zero-order valence-electron chi connectivity index (χ0n) is 16.8. The lowest BCUT2D eigenvalue weighted by molar-refractivity contribution is -0.116. The first-order valence-corrected chi connectivity index (χ1v) is 12.1. The van der Waals surface area contributed by atoms with E-state index in [1.54, 1.807) is 18.2 Å². The quantitative estimate of drug-likeness (QED) is 0.589. The number of hydrogen-bond acceptors (Lipinski definition) is 5. The van der Waals surface area contributed by atoms with E-state index in [1.807, 2.05) is 17.6 Å². The molecule has 31 heavy (non-hydrogen) atoms. The number of aryl methyl sites for hydroxylation is 2. The number of amides is 1. The zero-order valence-corrected chi connectivity index (χ0v) is 18.4. The summed E-state index contributed by atoms with van der Waals surface area (Å²) in [7, 11) is -3.70. The van der Waals surface area contributed by atoms with Gasteiger partial charge in [0.15, 0.2) is 5.17 Å². The third kappa shape index (κ3) is 4.91. The summed E-state index contributed by atoms with van der Waals surface area (Å²) in [6, 6.07) is 12.5. The van der Waals surface area contributed by atoms with E-state index in [0.29, 0.717) is 23.9 Å². The summed E-state index contributed by atoms with van der Waals surface area (Å²) in [6.45, 7) is 2.96. The Balaban J connectivity index is 1.37. The number of hydrogen-bond donors (Lipinski definition) is 2. The van der Waals surface area contributed by atoms with Crippen molar-refractivity contribution >= 4 is 49.5 Å². The number of fused-ring (bicyclic) bond motifs is 1. The van der Waals surface area contributed by atoms with Gasteiger partial charge in [-0.15, -0.1) is 0 Å².